The number of rotatable bonds is 2. The average molecular weight is 247 g/mol. The van der Waals surface area contributed by atoms with Crippen LogP contribution in [0.5, 0.6) is 0 Å². The second kappa shape index (κ2) is 4.53. The summed E-state index contributed by atoms with van der Waals surface area (Å²) in [5.41, 5.74) is 1.68. The van der Waals surface area contributed by atoms with Gasteiger partial charge < -0.3 is 9.64 Å². The molecule has 1 atom stereocenters. The highest BCUT2D eigenvalue weighted by molar-refractivity contribution is 5.83. The zero-order valence-electron chi connectivity index (χ0n) is 10.7. The van der Waals surface area contributed by atoms with Gasteiger partial charge >= 0.3 is 0 Å². The van der Waals surface area contributed by atoms with Crippen molar-refractivity contribution in [2.75, 3.05) is 25.6 Å². The molecule has 3 rings (SSSR count). The van der Waals surface area contributed by atoms with Crippen molar-refractivity contribution in [3.63, 3.8) is 0 Å². The first-order valence-electron chi connectivity index (χ1n) is 6.24. The van der Waals surface area contributed by atoms with Crippen LogP contribution >= 0.6 is 0 Å². The molecule has 0 aliphatic carbocycles. The first-order valence-corrected chi connectivity index (χ1v) is 6.24. The van der Waals surface area contributed by atoms with Crippen LogP contribution in [0.4, 0.5) is 5.82 Å². The van der Waals surface area contributed by atoms with E-state index in [1.165, 1.54) is 6.42 Å². The molecule has 96 valence electrons. The maximum absolute atomic E-state index is 5.78. The largest absolute Gasteiger partial charge is 0.361 e. The Morgan fingerprint density at radius 1 is 1.28 bits per heavy atom. The maximum Gasteiger partial charge on any atom is 0.167 e. The van der Waals surface area contributed by atoms with E-state index in [0.717, 1.165) is 36.4 Å². The van der Waals surface area contributed by atoms with Gasteiger partial charge in [0.15, 0.2) is 17.0 Å². The lowest BCUT2D eigenvalue weighted by atomic mass is 10.2. The minimum Gasteiger partial charge on any atom is -0.361 e. The second-order valence-electron chi connectivity index (χ2n) is 4.74. The molecule has 2 aromatic heterocycles. The molecule has 0 aromatic carbocycles. The maximum atomic E-state index is 5.78. The van der Waals surface area contributed by atoms with Crippen molar-refractivity contribution in [1.29, 1.82) is 0 Å². The summed E-state index contributed by atoms with van der Waals surface area (Å²) in [6.07, 6.45) is 6.80. The third-order valence-corrected chi connectivity index (χ3v) is 3.23. The number of aromatic nitrogens is 4. The van der Waals surface area contributed by atoms with Gasteiger partial charge in [0, 0.05) is 20.7 Å². The third-order valence-electron chi connectivity index (χ3n) is 3.23. The smallest absolute Gasteiger partial charge is 0.167 e. The average Bonchev–Trinajstić information content (AvgIpc) is 2.83. The van der Waals surface area contributed by atoms with Gasteiger partial charge in [-0.1, -0.05) is 0 Å². The summed E-state index contributed by atoms with van der Waals surface area (Å²) in [5.74, 6) is 0.842. The molecule has 3 heterocycles. The van der Waals surface area contributed by atoms with Gasteiger partial charge in [-0.2, -0.15) is 0 Å². The van der Waals surface area contributed by atoms with Crippen LogP contribution in [0.25, 0.3) is 11.2 Å². The summed E-state index contributed by atoms with van der Waals surface area (Å²) in [6.45, 7) is 0.815. The van der Waals surface area contributed by atoms with E-state index in [1.54, 1.807) is 6.33 Å². The molecule has 0 bridgehead atoms. The minimum absolute atomic E-state index is 0.0636. The van der Waals surface area contributed by atoms with E-state index < -0.39 is 0 Å². The molecule has 18 heavy (non-hydrogen) atoms. The number of ether oxygens (including phenoxy) is 1. The fourth-order valence-corrected chi connectivity index (χ4v) is 2.32. The number of fused-ring (bicyclic) bond motifs is 1. The Bertz CT molecular complexity index is 544. The highest BCUT2D eigenvalue weighted by atomic mass is 16.5. The Balaban J connectivity index is 2.06. The van der Waals surface area contributed by atoms with Crippen molar-refractivity contribution in [3.05, 3.63) is 12.7 Å². The quantitative estimate of drug-likeness (QED) is 0.806. The van der Waals surface area contributed by atoms with Crippen molar-refractivity contribution in [1.82, 2.24) is 19.5 Å². The molecule has 1 saturated heterocycles. The summed E-state index contributed by atoms with van der Waals surface area (Å²) < 4.78 is 7.80. The van der Waals surface area contributed by atoms with Crippen LogP contribution in [-0.4, -0.2) is 40.2 Å². The molecule has 2 aromatic rings. The Kier molecular flexibility index (Phi) is 2.87. The first kappa shape index (κ1) is 11.4. The molecule has 6 heteroatoms. The normalized spacial score (nSPS) is 20.2. The van der Waals surface area contributed by atoms with Gasteiger partial charge in [-0.3, -0.25) is 4.57 Å². The minimum atomic E-state index is 0.0636. The van der Waals surface area contributed by atoms with Gasteiger partial charge in [-0.25, -0.2) is 15.0 Å². The number of hydrogen-bond acceptors (Lipinski definition) is 5. The topological polar surface area (TPSA) is 56.1 Å². The first-order chi connectivity index (χ1) is 8.77. The van der Waals surface area contributed by atoms with Crippen LogP contribution in [0.1, 0.15) is 25.5 Å². The Morgan fingerprint density at radius 3 is 2.89 bits per heavy atom. The van der Waals surface area contributed by atoms with Crippen LogP contribution in [0.3, 0.4) is 0 Å². The van der Waals surface area contributed by atoms with E-state index in [-0.39, 0.29) is 6.23 Å². The lowest BCUT2D eigenvalue weighted by Gasteiger charge is -2.23. The van der Waals surface area contributed by atoms with Crippen LogP contribution in [-0.2, 0) is 4.74 Å². The van der Waals surface area contributed by atoms with Crippen LogP contribution in [0.15, 0.2) is 12.7 Å². The Labute approximate surface area is 106 Å². The Morgan fingerprint density at radius 2 is 2.17 bits per heavy atom. The van der Waals surface area contributed by atoms with Crippen LogP contribution in [0.2, 0.25) is 0 Å². The molecule has 0 spiro atoms. The molecule has 1 aliphatic heterocycles. The van der Waals surface area contributed by atoms with E-state index in [0.29, 0.717) is 0 Å². The van der Waals surface area contributed by atoms with Crippen LogP contribution in [0, 0.1) is 0 Å². The van der Waals surface area contributed by atoms with Crippen LogP contribution < -0.4 is 4.90 Å². The van der Waals surface area contributed by atoms with E-state index >= 15 is 0 Å². The summed E-state index contributed by atoms with van der Waals surface area (Å²) in [7, 11) is 3.91. The predicted octanol–water partition coefficient (Wildman–Crippen LogP) is 1.59. The molecule has 0 unspecified atom stereocenters. The van der Waals surface area contributed by atoms with Gasteiger partial charge in [-0.15, -0.1) is 0 Å². The molecule has 0 saturated carbocycles. The van der Waals surface area contributed by atoms with Crippen molar-refractivity contribution >= 4 is 17.0 Å². The van der Waals surface area contributed by atoms with E-state index in [2.05, 4.69) is 15.0 Å². The molecule has 1 fully saturated rings. The molecule has 0 amide bonds. The zero-order chi connectivity index (χ0) is 12.5. The lowest BCUT2D eigenvalue weighted by Crippen LogP contribution is -2.18. The third kappa shape index (κ3) is 1.82. The van der Waals surface area contributed by atoms with Gasteiger partial charge in [0.2, 0.25) is 0 Å². The molecular weight excluding hydrogens is 230 g/mol. The molecule has 1 aliphatic rings. The monoisotopic (exact) mass is 247 g/mol. The summed E-state index contributed by atoms with van der Waals surface area (Å²) in [4.78, 5) is 15.0. The van der Waals surface area contributed by atoms with Gasteiger partial charge in [-0.05, 0) is 19.3 Å². The summed E-state index contributed by atoms with van der Waals surface area (Å²) in [5, 5.41) is 0. The predicted molar refractivity (Wildman–Crippen MR) is 68.5 cm³/mol. The number of anilines is 1. The summed E-state index contributed by atoms with van der Waals surface area (Å²) in [6, 6.07) is 0. The van der Waals surface area contributed by atoms with Crippen molar-refractivity contribution in [2.24, 2.45) is 0 Å². The highest BCUT2D eigenvalue weighted by Crippen LogP contribution is 2.27. The lowest BCUT2D eigenvalue weighted by molar-refractivity contribution is -0.0298. The fraction of sp³-hybridized carbons (Fsp3) is 0.583. The van der Waals surface area contributed by atoms with E-state index in [9.17, 15) is 0 Å². The number of imidazole rings is 1. The number of nitrogens with zero attached hydrogens (tertiary/aromatic N) is 5. The molecule has 0 radical (unpaired) electrons. The zero-order valence-corrected chi connectivity index (χ0v) is 10.7. The summed E-state index contributed by atoms with van der Waals surface area (Å²) >= 11 is 0. The highest BCUT2D eigenvalue weighted by Gasteiger charge is 2.20. The standard InChI is InChI=1S/C12H17N5O/c1-16(2)11-10-12(14-7-13-11)17(8-15-10)9-5-3-4-6-18-9/h7-9H,3-6H2,1-2H3/t9-/m1/s1. The molecular formula is C12H17N5O. The van der Waals surface area contributed by atoms with E-state index in [4.69, 9.17) is 4.74 Å². The van der Waals surface area contributed by atoms with E-state index in [1.807, 2.05) is 29.9 Å². The van der Waals surface area contributed by atoms with Crippen molar-refractivity contribution in [3.8, 4) is 0 Å². The fourth-order valence-electron chi connectivity index (χ4n) is 2.32. The van der Waals surface area contributed by atoms with Gasteiger partial charge in [0.1, 0.15) is 12.6 Å². The second-order valence-corrected chi connectivity index (χ2v) is 4.74. The molecule has 0 N–H and O–H groups in total. The Hall–Kier alpha value is -1.69. The van der Waals surface area contributed by atoms with Gasteiger partial charge in [0.25, 0.3) is 0 Å². The SMILES string of the molecule is CN(C)c1ncnc2c1ncn2[C@H]1CCCCO1. The van der Waals surface area contributed by atoms with Crippen molar-refractivity contribution in [2.45, 2.75) is 25.5 Å². The van der Waals surface area contributed by atoms with Gasteiger partial charge in [0.05, 0.1) is 6.33 Å². The molecule has 6 nitrogen and oxygen atoms in total. The number of hydrogen-bond donors (Lipinski definition) is 0. The van der Waals surface area contributed by atoms with Crippen molar-refractivity contribution < 1.29 is 4.74 Å².